The molecule has 156 valence electrons. The second-order valence-corrected chi connectivity index (χ2v) is 9.37. The smallest absolute Gasteiger partial charge is 0.241 e. The molecule has 0 saturated carbocycles. The molecule has 0 bridgehead atoms. The zero-order chi connectivity index (χ0) is 19.0. The number of aliphatic imine (C=N–C) groups is 1. The minimum atomic E-state index is -3.48. The second-order valence-electron chi connectivity index (χ2n) is 6.18. The number of thiophene rings is 1. The van der Waals surface area contributed by atoms with E-state index in [2.05, 4.69) is 19.9 Å². The Balaban J connectivity index is 0.00000364. The van der Waals surface area contributed by atoms with Gasteiger partial charge in [0.05, 0.1) is 18.1 Å². The van der Waals surface area contributed by atoms with Crippen molar-refractivity contribution in [1.29, 1.82) is 0 Å². The molecule has 4 N–H and O–H groups in total. The van der Waals surface area contributed by atoms with Gasteiger partial charge < -0.3 is 15.8 Å². The summed E-state index contributed by atoms with van der Waals surface area (Å²) in [7, 11) is -3.48. The maximum Gasteiger partial charge on any atom is 0.241 e. The van der Waals surface area contributed by atoms with Crippen molar-refractivity contribution in [1.82, 2.24) is 14.9 Å². The molecule has 0 amide bonds. The van der Waals surface area contributed by atoms with Crippen LogP contribution in [0.3, 0.4) is 0 Å². The van der Waals surface area contributed by atoms with Crippen LogP contribution < -0.4 is 15.8 Å². The van der Waals surface area contributed by atoms with Gasteiger partial charge in [-0.1, -0.05) is 0 Å². The van der Waals surface area contributed by atoms with E-state index in [1.54, 1.807) is 6.07 Å². The quantitative estimate of drug-likeness (QED) is 0.189. The summed E-state index contributed by atoms with van der Waals surface area (Å²) in [5.41, 5.74) is 5.81. The van der Waals surface area contributed by atoms with Crippen molar-refractivity contribution in [2.45, 2.75) is 25.2 Å². The molecular weight excluding hydrogens is 501 g/mol. The zero-order valence-corrected chi connectivity index (χ0v) is 19.8. The van der Waals surface area contributed by atoms with Gasteiger partial charge in [-0.3, -0.25) is 9.89 Å². The van der Waals surface area contributed by atoms with Crippen LogP contribution in [0.2, 0.25) is 0 Å². The molecule has 1 aliphatic rings. The van der Waals surface area contributed by atoms with Crippen molar-refractivity contribution in [3.8, 4) is 0 Å². The average Bonchev–Trinajstić information content (AvgIpc) is 2.96. The predicted molar refractivity (Wildman–Crippen MR) is 121 cm³/mol. The highest BCUT2D eigenvalue weighted by Gasteiger charge is 2.18. The van der Waals surface area contributed by atoms with Gasteiger partial charge in [-0.25, -0.2) is 13.1 Å². The summed E-state index contributed by atoms with van der Waals surface area (Å²) in [6.07, 6.45) is 0.936. The highest BCUT2D eigenvalue weighted by atomic mass is 127. The fourth-order valence-corrected chi connectivity index (χ4v) is 5.29. The number of ether oxygens (including phenoxy) is 1. The van der Waals surface area contributed by atoms with E-state index >= 15 is 0 Å². The first-order valence-corrected chi connectivity index (χ1v) is 11.1. The number of rotatable bonds is 9. The van der Waals surface area contributed by atoms with Crippen LogP contribution in [-0.4, -0.2) is 71.8 Å². The molecule has 1 fully saturated rings. The van der Waals surface area contributed by atoms with E-state index in [1.807, 2.05) is 13.8 Å². The molecule has 0 spiro atoms. The summed E-state index contributed by atoms with van der Waals surface area (Å²) in [5, 5.41) is 2.93. The summed E-state index contributed by atoms with van der Waals surface area (Å²) >= 11 is 1.48. The Bertz CT molecular complexity index is 703. The Morgan fingerprint density at radius 1 is 1.33 bits per heavy atom. The van der Waals surface area contributed by atoms with Crippen LogP contribution in [0.15, 0.2) is 16.0 Å². The van der Waals surface area contributed by atoms with Crippen LogP contribution in [0, 0.1) is 13.8 Å². The number of hydrogen-bond donors (Lipinski definition) is 3. The van der Waals surface area contributed by atoms with Gasteiger partial charge in [0.2, 0.25) is 10.0 Å². The number of guanidine groups is 1. The van der Waals surface area contributed by atoms with Crippen LogP contribution in [0.5, 0.6) is 0 Å². The van der Waals surface area contributed by atoms with E-state index in [0.29, 0.717) is 23.9 Å². The molecule has 0 aliphatic carbocycles. The highest BCUT2D eigenvalue weighted by molar-refractivity contribution is 14.0. The van der Waals surface area contributed by atoms with E-state index in [0.717, 1.165) is 49.0 Å². The molecule has 1 aliphatic heterocycles. The summed E-state index contributed by atoms with van der Waals surface area (Å²) < 4.78 is 32.4. The van der Waals surface area contributed by atoms with Crippen molar-refractivity contribution < 1.29 is 13.2 Å². The molecule has 27 heavy (non-hydrogen) atoms. The van der Waals surface area contributed by atoms with Crippen LogP contribution >= 0.6 is 35.3 Å². The number of nitrogens with two attached hydrogens (primary N) is 1. The molecule has 2 heterocycles. The maximum absolute atomic E-state index is 12.3. The second kappa shape index (κ2) is 12.2. The van der Waals surface area contributed by atoms with Gasteiger partial charge in [-0.05, 0) is 26.3 Å². The van der Waals surface area contributed by atoms with E-state index in [-0.39, 0.29) is 30.5 Å². The topological polar surface area (TPSA) is 109 Å². The molecule has 0 unspecified atom stereocenters. The van der Waals surface area contributed by atoms with Gasteiger partial charge >= 0.3 is 0 Å². The Morgan fingerprint density at radius 2 is 2.04 bits per heavy atom. The van der Waals surface area contributed by atoms with E-state index in [4.69, 9.17) is 10.5 Å². The minimum Gasteiger partial charge on any atom is -0.379 e. The van der Waals surface area contributed by atoms with Gasteiger partial charge in [0.15, 0.2) is 5.96 Å². The molecule has 1 saturated heterocycles. The lowest BCUT2D eigenvalue weighted by Crippen LogP contribution is -2.39. The van der Waals surface area contributed by atoms with Gasteiger partial charge in [0.1, 0.15) is 0 Å². The standard InChI is InChI=1S/C16H29N5O3S2.HI/c1-13-12-15(14(2)25-13)26(22,23)20-6-5-19-16(17)18-4-3-7-21-8-10-24-11-9-21;/h12,20H,3-11H2,1-2H3,(H3,17,18,19);1H. The third-order valence-corrected chi connectivity index (χ3v) is 6.71. The first kappa shape index (κ1) is 24.6. The highest BCUT2D eigenvalue weighted by Crippen LogP contribution is 2.24. The lowest BCUT2D eigenvalue weighted by molar-refractivity contribution is 0.0377. The van der Waals surface area contributed by atoms with Gasteiger partial charge in [0, 0.05) is 49.0 Å². The minimum absolute atomic E-state index is 0. The number of halogens is 1. The molecule has 0 aromatic carbocycles. The number of hydrogen-bond acceptors (Lipinski definition) is 6. The monoisotopic (exact) mass is 531 g/mol. The fraction of sp³-hybridized carbons (Fsp3) is 0.688. The summed E-state index contributed by atoms with van der Waals surface area (Å²) in [6.45, 7) is 9.53. The number of nitrogens with zero attached hydrogens (tertiary/aromatic N) is 2. The number of aryl methyl sites for hydroxylation is 2. The Hall–Kier alpha value is -0.470. The molecule has 0 radical (unpaired) electrons. The zero-order valence-electron chi connectivity index (χ0n) is 15.9. The van der Waals surface area contributed by atoms with Crippen molar-refractivity contribution in [2.75, 3.05) is 52.5 Å². The average molecular weight is 531 g/mol. The lowest BCUT2D eigenvalue weighted by atomic mass is 10.3. The first-order chi connectivity index (χ1) is 12.4. The number of morpholine rings is 1. The van der Waals surface area contributed by atoms with Crippen molar-refractivity contribution >= 4 is 51.3 Å². The largest absolute Gasteiger partial charge is 0.379 e. The Labute approximate surface area is 183 Å². The third-order valence-electron chi connectivity index (χ3n) is 4.03. The van der Waals surface area contributed by atoms with Crippen LogP contribution in [0.25, 0.3) is 0 Å². The molecule has 1 aromatic heterocycles. The van der Waals surface area contributed by atoms with Gasteiger partial charge in [-0.15, -0.1) is 35.3 Å². The van der Waals surface area contributed by atoms with Crippen molar-refractivity contribution in [3.63, 3.8) is 0 Å². The van der Waals surface area contributed by atoms with Gasteiger partial charge in [0.25, 0.3) is 0 Å². The van der Waals surface area contributed by atoms with Gasteiger partial charge in [-0.2, -0.15) is 0 Å². The SMILES string of the molecule is Cc1cc(S(=O)(=O)NCCNC(N)=NCCCN2CCOCC2)c(C)s1.I. The van der Waals surface area contributed by atoms with E-state index in [9.17, 15) is 8.42 Å². The van der Waals surface area contributed by atoms with Crippen LogP contribution in [0.4, 0.5) is 0 Å². The number of sulfonamides is 1. The lowest BCUT2D eigenvalue weighted by Gasteiger charge is -2.26. The molecule has 0 atom stereocenters. The molecule has 2 rings (SSSR count). The normalized spacial score (nSPS) is 16.1. The van der Waals surface area contributed by atoms with Crippen molar-refractivity contribution in [2.24, 2.45) is 10.7 Å². The fourth-order valence-electron chi connectivity index (χ4n) is 2.70. The molecule has 11 heteroatoms. The summed E-state index contributed by atoms with van der Waals surface area (Å²) in [6, 6.07) is 1.69. The van der Waals surface area contributed by atoms with Crippen molar-refractivity contribution in [3.05, 3.63) is 15.8 Å². The Morgan fingerprint density at radius 3 is 2.67 bits per heavy atom. The summed E-state index contributed by atoms with van der Waals surface area (Å²) in [5.74, 6) is 0.341. The molecular formula is C16H30IN5O3S2. The maximum atomic E-state index is 12.3. The molecule has 1 aromatic rings. The third kappa shape index (κ3) is 8.60. The molecule has 8 nitrogen and oxygen atoms in total. The van der Waals surface area contributed by atoms with E-state index < -0.39 is 10.0 Å². The van der Waals surface area contributed by atoms with Crippen LogP contribution in [0.1, 0.15) is 16.2 Å². The first-order valence-electron chi connectivity index (χ1n) is 8.79. The van der Waals surface area contributed by atoms with E-state index in [1.165, 1.54) is 11.3 Å². The predicted octanol–water partition coefficient (Wildman–Crippen LogP) is 0.888. The van der Waals surface area contributed by atoms with Crippen LogP contribution in [-0.2, 0) is 14.8 Å². The Kier molecular flexibility index (Phi) is 11.1. The number of nitrogens with one attached hydrogen (secondary N) is 2. The summed E-state index contributed by atoms with van der Waals surface area (Å²) in [4.78, 5) is 8.75.